The van der Waals surface area contributed by atoms with Gasteiger partial charge in [0.15, 0.2) is 5.75 Å². The Hall–Kier alpha value is -3.59. The molecule has 0 saturated heterocycles. The molecule has 0 aliphatic heterocycles. The van der Waals surface area contributed by atoms with E-state index in [0.29, 0.717) is 17.1 Å². The average Bonchev–Trinajstić information content (AvgIpc) is 3.13. The Kier molecular flexibility index (Phi) is 6.22. The number of anilines is 1. The third-order valence-corrected chi connectivity index (χ3v) is 4.65. The van der Waals surface area contributed by atoms with Crippen LogP contribution >= 0.6 is 0 Å². The van der Waals surface area contributed by atoms with E-state index in [1.54, 1.807) is 23.9 Å². The molecule has 0 bridgehead atoms. The van der Waals surface area contributed by atoms with Crippen LogP contribution < -0.4 is 20.9 Å². The summed E-state index contributed by atoms with van der Waals surface area (Å²) in [5.41, 5.74) is 15.7. The predicted molar refractivity (Wildman–Crippen MR) is 112 cm³/mol. The number of primary amides is 1. The standard InChI is InChI=1S/C21H25N5O4/c1-12-5-6-19(30-21(23)27)24-18(12)11-29-13(2)14-9-15(17-7-8-26(3)25-17)20(28-4)16(22)10-14/h5-10,13H,11,22H2,1-4H3,(H2,23,27). The van der Waals surface area contributed by atoms with Gasteiger partial charge < -0.3 is 25.7 Å². The van der Waals surface area contributed by atoms with Crippen LogP contribution in [0.2, 0.25) is 0 Å². The first kappa shape index (κ1) is 21.1. The minimum Gasteiger partial charge on any atom is -0.494 e. The number of hydrogen-bond donors (Lipinski definition) is 2. The summed E-state index contributed by atoms with van der Waals surface area (Å²) >= 11 is 0. The van der Waals surface area contributed by atoms with Gasteiger partial charge in [0.1, 0.15) is 0 Å². The van der Waals surface area contributed by atoms with E-state index in [2.05, 4.69) is 10.1 Å². The molecule has 1 aromatic carbocycles. The summed E-state index contributed by atoms with van der Waals surface area (Å²) < 4.78 is 18.1. The molecule has 3 rings (SSSR count). The van der Waals surface area contributed by atoms with Gasteiger partial charge in [0.2, 0.25) is 5.88 Å². The zero-order valence-corrected chi connectivity index (χ0v) is 17.4. The molecule has 3 aromatic rings. The maximum atomic E-state index is 11.0. The van der Waals surface area contributed by atoms with Crippen LogP contribution in [0.4, 0.5) is 10.5 Å². The second-order valence-corrected chi connectivity index (χ2v) is 6.85. The molecule has 0 radical (unpaired) electrons. The van der Waals surface area contributed by atoms with Crippen LogP contribution in [0.25, 0.3) is 11.3 Å². The van der Waals surface area contributed by atoms with Gasteiger partial charge in [0.05, 0.1) is 36.9 Å². The Morgan fingerprint density at radius 3 is 2.67 bits per heavy atom. The first-order chi connectivity index (χ1) is 14.3. The summed E-state index contributed by atoms with van der Waals surface area (Å²) in [6, 6.07) is 9.04. The number of nitrogens with zero attached hydrogens (tertiary/aromatic N) is 3. The maximum absolute atomic E-state index is 11.0. The second-order valence-electron chi connectivity index (χ2n) is 6.85. The Bertz CT molecular complexity index is 1060. The van der Waals surface area contributed by atoms with Crippen LogP contribution in [0, 0.1) is 6.92 Å². The molecule has 0 aliphatic carbocycles. The van der Waals surface area contributed by atoms with Gasteiger partial charge in [-0.1, -0.05) is 6.07 Å². The Morgan fingerprint density at radius 2 is 2.03 bits per heavy atom. The zero-order valence-electron chi connectivity index (χ0n) is 17.4. The highest BCUT2D eigenvalue weighted by atomic mass is 16.6. The normalized spacial score (nSPS) is 11.9. The molecule has 30 heavy (non-hydrogen) atoms. The number of benzene rings is 1. The lowest BCUT2D eigenvalue weighted by Gasteiger charge is -2.18. The number of ether oxygens (including phenoxy) is 3. The maximum Gasteiger partial charge on any atom is 0.411 e. The number of rotatable bonds is 7. The second kappa shape index (κ2) is 8.83. The van der Waals surface area contributed by atoms with Gasteiger partial charge in [-0.25, -0.2) is 9.78 Å². The van der Waals surface area contributed by atoms with Gasteiger partial charge in [-0.2, -0.15) is 5.10 Å². The molecular weight excluding hydrogens is 386 g/mol. The summed E-state index contributed by atoms with van der Waals surface area (Å²) in [6.07, 6.45) is 0.651. The van der Waals surface area contributed by atoms with E-state index in [-0.39, 0.29) is 18.6 Å². The van der Waals surface area contributed by atoms with Gasteiger partial charge in [0.25, 0.3) is 0 Å². The quantitative estimate of drug-likeness (QED) is 0.572. The fraction of sp³-hybridized carbons (Fsp3) is 0.286. The third kappa shape index (κ3) is 4.69. The van der Waals surface area contributed by atoms with E-state index in [1.807, 2.05) is 45.3 Å². The van der Waals surface area contributed by atoms with Crippen molar-refractivity contribution in [2.75, 3.05) is 12.8 Å². The molecule has 2 aromatic heterocycles. The van der Waals surface area contributed by atoms with E-state index in [9.17, 15) is 4.79 Å². The number of carbonyl (C=O) groups is 1. The lowest BCUT2D eigenvalue weighted by molar-refractivity contribution is 0.0500. The van der Waals surface area contributed by atoms with Crippen molar-refractivity contribution in [3.05, 3.63) is 53.3 Å². The summed E-state index contributed by atoms with van der Waals surface area (Å²) in [4.78, 5) is 15.2. The number of pyridine rings is 1. The van der Waals surface area contributed by atoms with Crippen molar-refractivity contribution < 1.29 is 19.0 Å². The number of aryl methyl sites for hydroxylation is 2. The van der Waals surface area contributed by atoms with Gasteiger partial charge in [0, 0.05) is 24.9 Å². The monoisotopic (exact) mass is 411 g/mol. The highest BCUT2D eigenvalue weighted by molar-refractivity contribution is 5.76. The molecule has 9 nitrogen and oxygen atoms in total. The highest BCUT2D eigenvalue weighted by Gasteiger charge is 2.17. The lowest BCUT2D eigenvalue weighted by atomic mass is 10.0. The fourth-order valence-corrected chi connectivity index (χ4v) is 3.04. The van der Waals surface area contributed by atoms with Gasteiger partial charge in [-0.15, -0.1) is 0 Å². The number of hydrogen-bond acceptors (Lipinski definition) is 7. The molecule has 1 amide bonds. The summed E-state index contributed by atoms with van der Waals surface area (Å²) in [6.45, 7) is 4.03. The third-order valence-electron chi connectivity index (χ3n) is 4.65. The highest BCUT2D eigenvalue weighted by Crippen LogP contribution is 2.37. The first-order valence-corrected chi connectivity index (χ1v) is 9.31. The Labute approximate surface area is 174 Å². The molecule has 0 fully saturated rings. The van der Waals surface area contributed by atoms with Crippen molar-refractivity contribution in [2.24, 2.45) is 12.8 Å². The van der Waals surface area contributed by atoms with Crippen LogP contribution in [0.15, 0.2) is 36.5 Å². The largest absolute Gasteiger partial charge is 0.494 e. The fourth-order valence-electron chi connectivity index (χ4n) is 3.04. The molecule has 0 saturated carbocycles. The Morgan fingerprint density at radius 1 is 1.27 bits per heavy atom. The molecule has 9 heteroatoms. The molecule has 1 unspecified atom stereocenters. The molecule has 158 valence electrons. The molecule has 0 spiro atoms. The van der Waals surface area contributed by atoms with E-state index in [1.165, 1.54) is 0 Å². The van der Waals surface area contributed by atoms with Crippen molar-refractivity contribution in [2.45, 2.75) is 26.6 Å². The number of methoxy groups -OCH3 is 1. The van der Waals surface area contributed by atoms with Crippen molar-refractivity contribution >= 4 is 11.8 Å². The van der Waals surface area contributed by atoms with Gasteiger partial charge in [-0.05, 0) is 43.2 Å². The van der Waals surface area contributed by atoms with Gasteiger partial charge in [-0.3, -0.25) is 4.68 Å². The minimum absolute atomic E-state index is 0.130. The first-order valence-electron chi connectivity index (χ1n) is 9.31. The smallest absolute Gasteiger partial charge is 0.411 e. The van der Waals surface area contributed by atoms with Crippen molar-refractivity contribution in [3.63, 3.8) is 0 Å². The topological polar surface area (TPSA) is 128 Å². The van der Waals surface area contributed by atoms with Crippen LogP contribution in [0.1, 0.15) is 29.8 Å². The Balaban J connectivity index is 1.83. The van der Waals surface area contributed by atoms with Crippen LogP contribution in [0.5, 0.6) is 11.6 Å². The minimum atomic E-state index is -0.914. The van der Waals surface area contributed by atoms with Crippen molar-refractivity contribution in [1.82, 2.24) is 14.8 Å². The number of amides is 1. The van der Waals surface area contributed by atoms with E-state index in [4.69, 9.17) is 25.7 Å². The lowest BCUT2D eigenvalue weighted by Crippen LogP contribution is -2.17. The summed E-state index contributed by atoms with van der Waals surface area (Å²) in [5.74, 6) is 0.698. The van der Waals surface area contributed by atoms with Crippen molar-refractivity contribution in [3.8, 4) is 22.9 Å². The number of carbonyl (C=O) groups excluding carboxylic acids is 1. The average molecular weight is 411 g/mol. The van der Waals surface area contributed by atoms with E-state index >= 15 is 0 Å². The molecule has 0 aliphatic rings. The van der Waals surface area contributed by atoms with Crippen molar-refractivity contribution in [1.29, 1.82) is 0 Å². The number of nitrogens with two attached hydrogens (primary N) is 2. The van der Waals surface area contributed by atoms with Crippen LogP contribution in [0.3, 0.4) is 0 Å². The molecule has 2 heterocycles. The van der Waals surface area contributed by atoms with E-state index in [0.717, 1.165) is 22.4 Å². The number of aromatic nitrogens is 3. The predicted octanol–water partition coefficient (Wildman–Crippen LogP) is 3.12. The van der Waals surface area contributed by atoms with Crippen LogP contribution in [-0.2, 0) is 18.4 Å². The SMILES string of the molecule is COc1c(N)cc(C(C)OCc2nc(OC(N)=O)ccc2C)cc1-c1ccn(C)n1. The van der Waals surface area contributed by atoms with Crippen LogP contribution in [-0.4, -0.2) is 28.0 Å². The van der Waals surface area contributed by atoms with E-state index < -0.39 is 6.09 Å². The molecule has 4 N–H and O–H groups in total. The zero-order chi connectivity index (χ0) is 21.8. The molecule has 1 atom stereocenters. The summed E-state index contributed by atoms with van der Waals surface area (Å²) in [7, 11) is 3.42. The molecular formula is C21H25N5O4. The van der Waals surface area contributed by atoms with Gasteiger partial charge >= 0.3 is 6.09 Å². The number of nitrogen functional groups attached to an aromatic ring is 1. The summed E-state index contributed by atoms with van der Waals surface area (Å²) in [5, 5.41) is 4.45.